The molecule has 0 fully saturated rings. The van der Waals surface area contributed by atoms with Crippen LogP contribution in [0.25, 0.3) is 21.5 Å². The first-order chi connectivity index (χ1) is 26.8. The normalized spacial score (nSPS) is 11.0. The van der Waals surface area contributed by atoms with Crippen LogP contribution in [0.3, 0.4) is 0 Å². The minimum absolute atomic E-state index is 0.680. The summed E-state index contributed by atoms with van der Waals surface area (Å²) < 4.78 is 13.0. The van der Waals surface area contributed by atoms with Crippen molar-refractivity contribution in [3.05, 3.63) is 218 Å². The highest BCUT2D eigenvalue weighted by atomic mass is 16.5. The smallest absolute Gasteiger partial charge is 0.131 e. The first-order valence-electron chi connectivity index (χ1n) is 18.1. The molecule has 9 aromatic rings. The summed E-state index contributed by atoms with van der Waals surface area (Å²) in [6.07, 6.45) is 0. The standard InChI is InChI=1S/C50H36N2O2/c1-3-20-39(21-4-1)51(49-32-11-18-37-16-7-9-30-47(37)49)41-24-13-26-43(34-41)53-45-28-15-29-46(36-45)54-44-27-14-25-42(35-44)52(40-22-5-2-6-23-40)50-33-12-19-38-17-8-10-31-48(38)50/h1-36H. The van der Waals surface area contributed by atoms with Crippen molar-refractivity contribution in [3.8, 4) is 23.0 Å². The number of rotatable bonds is 10. The summed E-state index contributed by atoms with van der Waals surface area (Å²) in [6.45, 7) is 0. The molecule has 4 nitrogen and oxygen atoms in total. The van der Waals surface area contributed by atoms with Crippen molar-refractivity contribution in [2.45, 2.75) is 0 Å². The first kappa shape index (κ1) is 32.6. The third-order valence-corrected chi connectivity index (χ3v) is 9.47. The Morgan fingerprint density at radius 1 is 0.259 bits per heavy atom. The Balaban J connectivity index is 1.01. The van der Waals surface area contributed by atoms with Gasteiger partial charge in [0.2, 0.25) is 0 Å². The van der Waals surface area contributed by atoms with Gasteiger partial charge in [-0.3, -0.25) is 0 Å². The molecule has 0 aromatic heterocycles. The van der Waals surface area contributed by atoms with Crippen LogP contribution >= 0.6 is 0 Å². The quantitative estimate of drug-likeness (QED) is 0.142. The number of para-hydroxylation sites is 2. The Bertz CT molecular complexity index is 2500. The zero-order valence-corrected chi connectivity index (χ0v) is 29.5. The lowest BCUT2D eigenvalue weighted by Crippen LogP contribution is -2.10. The second kappa shape index (κ2) is 14.7. The summed E-state index contributed by atoms with van der Waals surface area (Å²) in [7, 11) is 0. The number of hydrogen-bond donors (Lipinski definition) is 0. The molecule has 0 aliphatic carbocycles. The average molecular weight is 697 g/mol. The lowest BCUT2D eigenvalue weighted by Gasteiger charge is -2.27. The number of anilines is 6. The van der Waals surface area contributed by atoms with Gasteiger partial charge in [0.1, 0.15) is 23.0 Å². The summed E-state index contributed by atoms with van der Waals surface area (Å²) in [6, 6.07) is 74.9. The van der Waals surface area contributed by atoms with E-state index in [2.05, 4.69) is 168 Å². The molecule has 0 N–H and O–H groups in total. The summed E-state index contributed by atoms with van der Waals surface area (Å²) in [4.78, 5) is 4.55. The fraction of sp³-hybridized carbons (Fsp3) is 0. The molecule has 0 spiro atoms. The van der Waals surface area contributed by atoms with Crippen molar-refractivity contribution in [1.29, 1.82) is 0 Å². The predicted molar refractivity (Wildman–Crippen MR) is 224 cm³/mol. The topological polar surface area (TPSA) is 24.9 Å². The third kappa shape index (κ3) is 6.72. The van der Waals surface area contributed by atoms with E-state index in [4.69, 9.17) is 9.47 Å². The fourth-order valence-electron chi connectivity index (χ4n) is 7.06. The maximum atomic E-state index is 6.51. The highest BCUT2D eigenvalue weighted by Gasteiger charge is 2.17. The van der Waals surface area contributed by atoms with Crippen molar-refractivity contribution in [1.82, 2.24) is 0 Å². The van der Waals surface area contributed by atoms with Crippen LogP contribution < -0.4 is 19.3 Å². The van der Waals surface area contributed by atoms with E-state index >= 15 is 0 Å². The summed E-state index contributed by atoms with van der Waals surface area (Å²) in [5, 5.41) is 4.72. The van der Waals surface area contributed by atoms with Gasteiger partial charge in [-0.25, -0.2) is 0 Å². The number of nitrogens with zero attached hydrogens (tertiary/aromatic N) is 2. The minimum atomic E-state index is 0.680. The van der Waals surface area contributed by atoms with Crippen LogP contribution in [0.15, 0.2) is 218 Å². The largest absolute Gasteiger partial charge is 0.457 e. The Morgan fingerprint density at radius 2 is 0.593 bits per heavy atom. The van der Waals surface area contributed by atoms with Gasteiger partial charge in [0, 0.05) is 51.7 Å². The second-order valence-corrected chi connectivity index (χ2v) is 13.0. The molecule has 0 aliphatic heterocycles. The predicted octanol–water partition coefficient (Wildman–Crippen LogP) is 14.5. The Hall–Kier alpha value is -7.30. The molecule has 258 valence electrons. The molecular weight excluding hydrogens is 661 g/mol. The number of benzene rings is 9. The molecule has 0 heterocycles. The number of ether oxygens (including phenoxy) is 2. The van der Waals surface area contributed by atoms with Gasteiger partial charge >= 0.3 is 0 Å². The van der Waals surface area contributed by atoms with Crippen molar-refractivity contribution in [2.24, 2.45) is 0 Å². The molecule has 0 atom stereocenters. The Morgan fingerprint density at radius 3 is 1.06 bits per heavy atom. The summed E-state index contributed by atoms with van der Waals surface area (Å²) in [5.41, 5.74) is 6.31. The van der Waals surface area contributed by atoms with Crippen LogP contribution in [0.1, 0.15) is 0 Å². The van der Waals surface area contributed by atoms with Gasteiger partial charge in [-0.15, -0.1) is 0 Å². The molecule has 4 heteroatoms. The first-order valence-corrected chi connectivity index (χ1v) is 18.1. The van der Waals surface area contributed by atoms with Crippen LogP contribution in [0, 0.1) is 0 Å². The van der Waals surface area contributed by atoms with Gasteiger partial charge in [-0.1, -0.05) is 127 Å². The second-order valence-electron chi connectivity index (χ2n) is 13.0. The molecule has 0 radical (unpaired) electrons. The van der Waals surface area contributed by atoms with E-state index in [-0.39, 0.29) is 0 Å². The van der Waals surface area contributed by atoms with Crippen LogP contribution in [-0.4, -0.2) is 0 Å². The molecule has 9 aromatic carbocycles. The van der Waals surface area contributed by atoms with Crippen LogP contribution in [0.4, 0.5) is 34.1 Å². The van der Waals surface area contributed by atoms with Gasteiger partial charge in [0.05, 0.1) is 11.4 Å². The highest BCUT2D eigenvalue weighted by Crippen LogP contribution is 2.42. The highest BCUT2D eigenvalue weighted by molar-refractivity contribution is 6.00. The molecule has 0 aliphatic rings. The van der Waals surface area contributed by atoms with Crippen LogP contribution in [0.2, 0.25) is 0 Å². The van der Waals surface area contributed by atoms with E-state index < -0.39 is 0 Å². The van der Waals surface area contributed by atoms with Gasteiger partial charge in [-0.05, 0) is 83.6 Å². The molecule has 0 bridgehead atoms. The summed E-state index contributed by atoms with van der Waals surface area (Å²) >= 11 is 0. The zero-order valence-electron chi connectivity index (χ0n) is 29.5. The Kier molecular flexibility index (Phi) is 8.90. The van der Waals surface area contributed by atoms with Gasteiger partial charge < -0.3 is 19.3 Å². The SMILES string of the molecule is c1ccc(N(c2cccc(Oc3cccc(Oc4cccc(N(c5ccccc5)c5cccc6ccccc56)c4)c3)c2)c2cccc3ccccc23)cc1. The van der Waals surface area contributed by atoms with Crippen LogP contribution in [0.5, 0.6) is 23.0 Å². The van der Waals surface area contributed by atoms with E-state index in [1.807, 2.05) is 60.7 Å². The van der Waals surface area contributed by atoms with E-state index in [1.165, 1.54) is 21.5 Å². The maximum absolute atomic E-state index is 6.51. The number of hydrogen-bond acceptors (Lipinski definition) is 4. The van der Waals surface area contributed by atoms with E-state index in [1.54, 1.807) is 0 Å². The zero-order chi connectivity index (χ0) is 36.1. The van der Waals surface area contributed by atoms with Gasteiger partial charge in [0.25, 0.3) is 0 Å². The molecule has 0 amide bonds. The van der Waals surface area contributed by atoms with Crippen LogP contribution in [-0.2, 0) is 0 Å². The Labute approximate surface area is 315 Å². The van der Waals surface area contributed by atoms with E-state index in [0.29, 0.717) is 11.5 Å². The molecular formula is C50H36N2O2. The average Bonchev–Trinajstić information content (AvgIpc) is 3.23. The fourth-order valence-corrected chi connectivity index (χ4v) is 7.06. The van der Waals surface area contributed by atoms with E-state index in [0.717, 1.165) is 45.6 Å². The van der Waals surface area contributed by atoms with Gasteiger partial charge in [0.15, 0.2) is 0 Å². The third-order valence-electron chi connectivity index (χ3n) is 9.47. The molecule has 0 saturated carbocycles. The van der Waals surface area contributed by atoms with Crippen molar-refractivity contribution in [3.63, 3.8) is 0 Å². The molecule has 0 saturated heterocycles. The monoisotopic (exact) mass is 696 g/mol. The van der Waals surface area contributed by atoms with Gasteiger partial charge in [-0.2, -0.15) is 0 Å². The van der Waals surface area contributed by atoms with Crippen molar-refractivity contribution < 1.29 is 9.47 Å². The molecule has 0 unspecified atom stereocenters. The molecule has 9 rings (SSSR count). The number of fused-ring (bicyclic) bond motifs is 2. The lowest BCUT2D eigenvalue weighted by atomic mass is 10.1. The minimum Gasteiger partial charge on any atom is -0.457 e. The molecule has 54 heavy (non-hydrogen) atoms. The maximum Gasteiger partial charge on any atom is 0.131 e. The van der Waals surface area contributed by atoms with Crippen molar-refractivity contribution >= 4 is 55.7 Å². The van der Waals surface area contributed by atoms with E-state index in [9.17, 15) is 0 Å². The summed E-state index contributed by atoms with van der Waals surface area (Å²) in [5.74, 6) is 2.81. The van der Waals surface area contributed by atoms with Crippen molar-refractivity contribution in [2.75, 3.05) is 9.80 Å². The lowest BCUT2D eigenvalue weighted by molar-refractivity contribution is 0.460.